The van der Waals surface area contributed by atoms with Crippen molar-refractivity contribution in [2.75, 3.05) is 0 Å². The van der Waals surface area contributed by atoms with Crippen LogP contribution in [0.15, 0.2) is 109 Å². The van der Waals surface area contributed by atoms with Gasteiger partial charge in [0.15, 0.2) is 0 Å². The molecule has 7 heteroatoms. The lowest BCUT2D eigenvalue weighted by Crippen LogP contribution is -2.27. The van der Waals surface area contributed by atoms with Gasteiger partial charge in [0.2, 0.25) is 0 Å². The molecule has 0 aromatic heterocycles. The van der Waals surface area contributed by atoms with Gasteiger partial charge in [0.25, 0.3) is 0 Å². The maximum absolute atomic E-state index is 11.7. The fourth-order valence-electron chi connectivity index (χ4n) is 7.75. The molecule has 0 saturated carbocycles. The summed E-state index contributed by atoms with van der Waals surface area (Å²) < 4.78 is 35.0. The molecule has 0 amide bonds. The van der Waals surface area contributed by atoms with Crippen LogP contribution >= 0.6 is 0 Å². The molecular weight excluding hydrogens is 643 g/mol. The quantitative estimate of drug-likeness (QED) is 0.117. The van der Waals surface area contributed by atoms with Crippen molar-refractivity contribution in [3.05, 3.63) is 142 Å². The Hall–Kier alpha value is -5.24. The Morgan fingerprint density at radius 3 is 2.26 bits per heavy atom. The number of aromatic carboxylic acids is 1. The van der Waals surface area contributed by atoms with Gasteiger partial charge in [0.1, 0.15) is 0 Å². The minimum absolute atomic E-state index is 0.114. The molecule has 0 heterocycles. The predicted octanol–water partition coefficient (Wildman–Crippen LogP) is 10.3. The molecule has 3 N–H and O–H groups in total. The van der Waals surface area contributed by atoms with Crippen LogP contribution in [0.2, 0.25) is 0 Å². The summed E-state index contributed by atoms with van der Waals surface area (Å²) in [5, 5.41) is 13.6. The first-order chi connectivity index (χ1) is 23.7. The van der Waals surface area contributed by atoms with Crippen LogP contribution in [0.3, 0.4) is 0 Å². The van der Waals surface area contributed by atoms with E-state index in [4.69, 9.17) is 0 Å². The topological polar surface area (TPSA) is 104 Å². The Morgan fingerprint density at radius 2 is 1.52 bits per heavy atom. The largest absolute Gasteiger partial charge is 0.478 e. The van der Waals surface area contributed by atoms with Gasteiger partial charge < -0.3 is 5.11 Å². The third kappa shape index (κ3) is 6.42. The van der Waals surface area contributed by atoms with Crippen LogP contribution in [0.5, 0.6) is 0 Å². The van der Waals surface area contributed by atoms with E-state index in [-0.39, 0.29) is 16.4 Å². The van der Waals surface area contributed by atoms with E-state index in [1.54, 1.807) is 30.3 Å². The second kappa shape index (κ2) is 12.3. The summed E-state index contributed by atoms with van der Waals surface area (Å²) in [5.74, 6) is -0.973. The zero-order valence-corrected chi connectivity index (χ0v) is 29.3. The first-order valence-electron chi connectivity index (χ1n) is 16.7. The molecule has 0 fully saturated rings. The molecular formula is C43H39NO5S. The summed E-state index contributed by atoms with van der Waals surface area (Å²) in [5.41, 5.74) is 9.92. The lowest BCUT2D eigenvalue weighted by atomic mass is 9.64. The summed E-state index contributed by atoms with van der Waals surface area (Å²) in [6.07, 6.45) is 13.5. The first kappa shape index (κ1) is 33.3. The number of hydrogen-bond acceptors (Lipinski definition) is 3. The Morgan fingerprint density at radius 1 is 0.780 bits per heavy atom. The van der Waals surface area contributed by atoms with Crippen LogP contribution < -0.4 is 4.72 Å². The third-order valence-corrected chi connectivity index (χ3v) is 10.3. The van der Waals surface area contributed by atoms with Gasteiger partial charge in [0.05, 0.1) is 5.56 Å². The minimum Gasteiger partial charge on any atom is -0.478 e. The van der Waals surface area contributed by atoms with Crippen LogP contribution in [0.4, 0.5) is 0 Å². The van der Waals surface area contributed by atoms with E-state index in [0.717, 1.165) is 62.2 Å². The monoisotopic (exact) mass is 681 g/mol. The highest BCUT2D eigenvalue weighted by Gasteiger charge is 2.36. The number of carboxylic acid groups (broad SMARTS) is 1. The number of allylic oxidation sites excluding steroid dienone is 4. The van der Waals surface area contributed by atoms with Crippen LogP contribution in [0, 0.1) is 5.41 Å². The zero-order chi connectivity index (χ0) is 35.4. The number of nitrogens with one attached hydrogen (secondary N) is 1. The number of carboxylic acids is 1. The van der Waals surface area contributed by atoms with E-state index in [1.807, 2.05) is 24.3 Å². The van der Waals surface area contributed by atoms with Crippen molar-refractivity contribution in [1.29, 1.82) is 0 Å². The molecule has 7 rings (SSSR count). The minimum atomic E-state index is -4.46. The lowest BCUT2D eigenvalue weighted by molar-refractivity contribution is 0.0697. The van der Waals surface area contributed by atoms with Gasteiger partial charge in [-0.15, -0.1) is 0 Å². The molecule has 5 aromatic rings. The normalized spacial score (nSPS) is 16.7. The molecule has 252 valence electrons. The van der Waals surface area contributed by atoms with E-state index in [2.05, 4.69) is 93.1 Å². The number of hydrogen-bond donors (Lipinski definition) is 3. The molecule has 2 aliphatic rings. The smallest absolute Gasteiger partial charge is 0.357 e. The Balaban J connectivity index is 1.47. The van der Waals surface area contributed by atoms with Crippen LogP contribution in [0.25, 0.3) is 56.5 Å². The molecule has 0 atom stereocenters. The standard InChI is InChI=1S/C43H39NO5S/c1-42(2)21-19-34-33(25-42)26-43(3,4)40-36(34)18-17-31-23-37(32(24-38(31)40)20-22-44-50(47,48)49)39-29(16-15-28-7-5-6-8-35(28)39)12-9-27-10-13-30(14-11-27)41(45)46/h5-24,44H,25-26H2,1-4H3,(H,45,46)(H,47,48,49)/b12-9+,22-20+. The first-order valence-corrected chi connectivity index (χ1v) is 18.1. The maximum Gasteiger partial charge on any atom is 0.357 e. The molecule has 0 aliphatic heterocycles. The molecule has 5 aromatic carbocycles. The summed E-state index contributed by atoms with van der Waals surface area (Å²) in [6.45, 7) is 9.17. The van der Waals surface area contributed by atoms with Crippen molar-refractivity contribution >= 4 is 61.6 Å². The Labute approximate surface area is 293 Å². The van der Waals surface area contributed by atoms with Gasteiger partial charge in [0, 0.05) is 6.20 Å². The fourth-order valence-corrected chi connectivity index (χ4v) is 7.99. The van der Waals surface area contributed by atoms with Crippen LogP contribution in [0.1, 0.15) is 78.7 Å². The summed E-state index contributed by atoms with van der Waals surface area (Å²) in [7, 11) is -4.46. The summed E-state index contributed by atoms with van der Waals surface area (Å²) >= 11 is 0. The molecule has 0 spiro atoms. The SMILES string of the molecule is CC1(C)C=CC2=C(C1)CC(C)(C)c1c2ccc2cc(-c3c(/C=C/c4ccc(C(=O)O)cc4)ccc4ccccc34)c(/C=C/NS(=O)(=O)O)cc12. The molecule has 0 saturated heterocycles. The highest BCUT2D eigenvalue weighted by atomic mass is 32.2. The van der Waals surface area contributed by atoms with Crippen molar-refractivity contribution in [2.45, 2.75) is 46.0 Å². The molecule has 0 unspecified atom stereocenters. The molecule has 2 aliphatic carbocycles. The summed E-state index contributed by atoms with van der Waals surface area (Å²) in [6, 6.07) is 27.8. The third-order valence-electron chi connectivity index (χ3n) is 9.89. The average molecular weight is 682 g/mol. The number of carbonyl (C=O) groups is 1. The van der Waals surface area contributed by atoms with Crippen molar-refractivity contribution in [3.63, 3.8) is 0 Å². The molecule has 50 heavy (non-hydrogen) atoms. The van der Waals surface area contributed by atoms with Crippen LogP contribution in [-0.2, 0) is 15.7 Å². The second-order valence-electron chi connectivity index (χ2n) is 14.7. The van der Waals surface area contributed by atoms with Crippen molar-refractivity contribution in [3.8, 4) is 11.1 Å². The summed E-state index contributed by atoms with van der Waals surface area (Å²) in [4.78, 5) is 11.4. The highest BCUT2D eigenvalue weighted by Crippen LogP contribution is 2.51. The van der Waals surface area contributed by atoms with E-state index in [1.165, 1.54) is 28.5 Å². The Bertz CT molecular complexity index is 2450. The van der Waals surface area contributed by atoms with Gasteiger partial charge in [-0.25, -0.2) is 4.79 Å². The van der Waals surface area contributed by atoms with Crippen molar-refractivity contribution in [1.82, 2.24) is 4.72 Å². The van der Waals surface area contributed by atoms with E-state index < -0.39 is 16.3 Å². The number of rotatable bonds is 7. The van der Waals surface area contributed by atoms with Crippen molar-refractivity contribution < 1.29 is 22.9 Å². The predicted molar refractivity (Wildman–Crippen MR) is 205 cm³/mol. The van der Waals surface area contributed by atoms with E-state index in [9.17, 15) is 22.9 Å². The number of fused-ring (bicyclic) bond motifs is 5. The number of benzene rings is 5. The van der Waals surface area contributed by atoms with Gasteiger partial charge in [-0.2, -0.15) is 8.42 Å². The fraction of sp³-hybridized carbons (Fsp3) is 0.186. The highest BCUT2D eigenvalue weighted by molar-refractivity contribution is 7.83. The maximum atomic E-state index is 11.7. The van der Waals surface area contributed by atoms with Gasteiger partial charge >= 0.3 is 16.3 Å². The van der Waals surface area contributed by atoms with Gasteiger partial charge in [-0.3, -0.25) is 9.27 Å². The Kier molecular flexibility index (Phi) is 8.16. The van der Waals surface area contributed by atoms with Gasteiger partial charge in [-0.05, 0) is 120 Å². The molecule has 0 bridgehead atoms. The second-order valence-corrected chi connectivity index (χ2v) is 15.8. The zero-order valence-electron chi connectivity index (χ0n) is 28.5. The molecule has 6 nitrogen and oxygen atoms in total. The lowest BCUT2D eigenvalue weighted by Gasteiger charge is -2.40. The van der Waals surface area contributed by atoms with Crippen molar-refractivity contribution in [2.24, 2.45) is 5.41 Å². The molecule has 0 radical (unpaired) electrons. The van der Waals surface area contributed by atoms with Gasteiger partial charge in [-0.1, -0.05) is 118 Å². The van der Waals surface area contributed by atoms with Crippen LogP contribution in [-0.4, -0.2) is 24.0 Å². The average Bonchev–Trinajstić information content (AvgIpc) is 3.05. The van der Waals surface area contributed by atoms with E-state index >= 15 is 0 Å². The van der Waals surface area contributed by atoms with E-state index in [0.29, 0.717) is 0 Å².